The molecule has 0 unspecified atom stereocenters. The number of piperidine rings is 1. The fourth-order valence-electron chi connectivity index (χ4n) is 2.76. The summed E-state index contributed by atoms with van der Waals surface area (Å²) in [5.41, 5.74) is 4.89. The summed E-state index contributed by atoms with van der Waals surface area (Å²) >= 11 is 0. The van der Waals surface area contributed by atoms with Gasteiger partial charge in [-0.15, -0.1) is 0 Å². The van der Waals surface area contributed by atoms with E-state index in [2.05, 4.69) is 0 Å². The van der Waals surface area contributed by atoms with Gasteiger partial charge < -0.3 is 15.2 Å². The number of nitrogens with zero attached hydrogens (tertiary/aromatic N) is 1. The Morgan fingerprint density at radius 2 is 2.42 bits per heavy atom. The molecule has 0 aromatic carbocycles. The molecule has 12 heavy (non-hydrogen) atoms. The first kappa shape index (κ1) is 8.54. The predicted molar refractivity (Wildman–Crippen MR) is 47.3 cm³/mol. The molecule has 2 fully saturated rings. The third-order valence-electron chi connectivity index (χ3n) is 3.44. The first-order valence-corrected chi connectivity index (χ1v) is 4.65. The third kappa shape index (κ3) is 1.10. The second kappa shape index (κ2) is 2.47. The zero-order chi connectivity index (χ0) is 8.82. The minimum Gasteiger partial charge on any atom is -0.585 e. The van der Waals surface area contributed by atoms with E-state index in [4.69, 9.17) is 13.7 Å². The molecule has 2 aliphatic rings. The Morgan fingerprint density at radius 3 is 3.00 bits per heavy atom. The van der Waals surface area contributed by atoms with Crippen LogP contribution in [0.4, 0.5) is 0 Å². The Hall–Kier alpha value is -0.0551. The van der Waals surface area contributed by atoms with Crippen molar-refractivity contribution in [3.8, 4) is 0 Å². The summed E-state index contributed by atoms with van der Waals surface area (Å²) in [5, 5.41) is 10.1. The maximum Gasteiger partial charge on any atom is 0.129 e. The SMILES string of the molecule is [B-][N@@+]12CCC[C@H](C1)[C@](O)(CN)C2. The van der Waals surface area contributed by atoms with Crippen molar-refractivity contribution in [3.63, 3.8) is 0 Å². The van der Waals surface area contributed by atoms with Crippen LogP contribution < -0.4 is 5.73 Å². The van der Waals surface area contributed by atoms with Crippen LogP contribution in [0.25, 0.3) is 0 Å². The summed E-state index contributed by atoms with van der Waals surface area (Å²) in [7, 11) is 6.07. The van der Waals surface area contributed by atoms with E-state index in [0.717, 1.165) is 25.9 Å². The third-order valence-corrected chi connectivity index (χ3v) is 3.44. The molecule has 3 atom stereocenters. The van der Waals surface area contributed by atoms with Gasteiger partial charge in [0.1, 0.15) is 5.60 Å². The van der Waals surface area contributed by atoms with Crippen LogP contribution in [0, 0.1) is 5.92 Å². The van der Waals surface area contributed by atoms with Crippen LogP contribution in [-0.2, 0) is 0 Å². The van der Waals surface area contributed by atoms with E-state index in [1.54, 1.807) is 0 Å². The van der Waals surface area contributed by atoms with Crippen LogP contribution in [0.5, 0.6) is 0 Å². The molecule has 0 aromatic heterocycles. The van der Waals surface area contributed by atoms with Crippen LogP contribution in [0.1, 0.15) is 12.8 Å². The van der Waals surface area contributed by atoms with Gasteiger partial charge in [0.2, 0.25) is 0 Å². The molecular formula is C8H16BN2O. The van der Waals surface area contributed by atoms with Gasteiger partial charge in [0.05, 0.1) is 6.54 Å². The van der Waals surface area contributed by atoms with Crippen molar-refractivity contribution < 1.29 is 9.50 Å². The molecular weight excluding hydrogens is 151 g/mol. The van der Waals surface area contributed by atoms with Crippen LogP contribution in [0.3, 0.4) is 0 Å². The van der Waals surface area contributed by atoms with Gasteiger partial charge in [-0.3, -0.25) is 0 Å². The van der Waals surface area contributed by atoms with Crippen LogP contribution >= 0.6 is 0 Å². The van der Waals surface area contributed by atoms with Crippen molar-refractivity contribution in [2.24, 2.45) is 11.7 Å². The van der Waals surface area contributed by atoms with Crippen molar-refractivity contribution in [1.29, 1.82) is 0 Å². The van der Waals surface area contributed by atoms with Gasteiger partial charge in [0.15, 0.2) is 0 Å². The largest absolute Gasteiger partial charge is 0.585 e. The average Bonchev–Trinajstić information content (AvgIpc) is 2.20. The van der Waals surface area contributed by atoms with Crippen LogP contribution in [0.15, 0.2) is 0 Å². The number of rotatable bonds is 1. The van der Waals surface area contributed by atoms with E-state index in [0.29, 0.717) is 23.4 Å². The Bertz CT molecular complexity index is 201. The molecule has 3 nitrogen and oxygen atoms in total. The van der Waals surface area contributed by atoms with E-state index < -0.39 is 5.60 Å². The van der Waals surface area contributed by atoms with Crippen molar-refractivity contribution in [3.05, 3.63) is 0 Å². The highest BCUT2D eigenvalue weighted by Crippen LogP contribution is 2.38. The van der Waals surface area contributed by atoms with Crippen molar-refractivity contribution in [2.45, 2.75) is 18.4 Å². The first-order valence-electron chi connectivity index (χ1n) is 4.65. The monoisotopic (exact) mass is 167 g/mol. The van der Waals surface area contributed by atoms with Gasteiger partial charge in [-0.05, 0) is 12.8 Å². The van der Waals surface area contributed by atoms with Gasteiger partial charge in [-0.2, -0.15) is 0 Å². The number of hydrogen-bond acceptors (Lipinski definition) is 2. The van der Waals surface area contributed by atoms with E-state index in [-0.39, 0.29) is 0 Å². The van der Waals surface area contributed by atoms with Gasteiger partial charge in [0, 0.05) is 25.6 Å². The van der Waals surface area contributed by atoms with E-state index >= 15 is 0 Å². The fraction of sp³-hybridized carbons (Fsp3) is 1.00. The Kier molecular flexibility index (Phi) is 1.76. The van der Waals surface area contributed by atoms with Gasteiger partial charge in [-0.1, -0.05) is 0 Å². The topological polar surface area (TPSA) is 46.2 Å². The highest BCUT2D eigenvalue weighted by molar-refractivity contribution is 5.97. The fourth-order valence-corrected chi connectivity index (χ4v) is 2.76. The lowest BCUT2D eigenvalue weighted by Gasteiger charge is -2.48. The molecule has 0 aliphatic carbocycles. The zero-order valence-electron chi connectivity index (χ0n) is 7.37. The average molecular weight is 167 g/mol. The molecule has 2 bridgehead atoms. The zero-order valence-corrected chi connectivity index (χ0v) is 7.37. The van der Waals surface area contributed by atoms with Gasteiger partial charge in [-0.25, -0.2) is 7.98 Å². The predicted octanol–water partition coefficient (Wildman–Crippen LogP) is -1.000. The molecule has 0 saturated carbocycles. The molecule has 0 aromatic rings. The Balaban J connectivity index is 2.22. The molecule has 3 N–H and O–H groups in total. The summed E-state index contributed by atoms with van der Waals surface area (Å²) in [6, 6.07) is 0. The second-order valence-electron chi connectivity index (χ2n) is 4.43. The highest BCUT2D eigenvalue weighted by Gasteiger charge is 2.49. The smallest absolute Gasteiger partial charge is 0.129 e. The van der Waals surface area contributed by atoms with E-state index in [1.165, 1.54) is 0 Å². The van der Waals surface area contributed by atoms with Crippen LogP contribution in [0.2, 0.25) is 0 Å². The minimum absolute atomic E-state index is 0.334. The lowest BCUT2D eigenvalue weighted by atomic mass is 9.87. The molecule has 2 aliphatic heterocycles. The first-order chi connectivity index (χ1) is 5.58. The number of nitrogens with two attached hydrogens (primary N) is 1. The summed E-state index contributed by atoms with van der Waals surface area (Å²) in [6.45, 7) is 2.91. The van der Waals surface area contributed by atoms with Crippen LogP contribution in [-0.4, -0.2) is 49.3 Å². The molecule has 3 radical (unpaired) electrons. The lowest BCUT2D eigenvalue weighted by molar-refractivity contribution is -0.812. The maximum absolute atomic E-state index is 10.1. The van der Waals surface area contributed by atoms with E-state index in [9.17, 15) is 5.11 Å². The number of hydrogen-bond donors (Lipinski definition) is 2. The van der Waals surface area contributed by atoms with Crippen molar-refractivity contribution in [1.82, 2.24) is 0 Å². The molecule has 2 heterocycles. The lowest BCUT2D eigenvalue weighted by Crippen LogP contribution is -2.49. The number of aliphatic hydroxyl groups is 1. The van der Waals surface area contributed by atoms with Crippen molar-refractivity contribution in [2.75, 3.05) is 26.2 Å². The molecule has 67 valence electrons. The number of fused-ring (bicyclic) bond motifs is 2. The standard InChI is InChI=1S/C8H16BN2O/c9-11-3-1-2-7(4-11)8(12,5-10)6-11/h7,12H,1-6,10H2/t7-,8+,11+/m1/s1. The van der Waals surface area contributed by atoms with E-state index in [1.807, 2.05) is 0 Å². The quantitative estimate of drug-likeness (QED) is 0.492. The molecule has 4 heteroatoms. The summed E-state index contributed by atoms with van der Waals surface area (Å²) in [5.74, 6) is 0.334. The summed E-state index contributed by atoms with van der Waals surface area (Å²) in [4.78, 5) is 0. The Morgan fingerprint density at radius 1 is 1.67 bits per heavy atom. The highest BCUT2D eigenvalue weighted by atomic mass is 16.3. The molecule has 0 spiro atoms. The number of quaternary nitrogens is 1. The molecule has 0 amide bonds. The maximum atomic E-state index is 10.1. The summed E-state index contributed by atoms with van der Waals surface area (Å²) < 4.78 is 0.540. The van der Waals surface area contributed by atoms with Crippen molar-refractivity contribution >= 4 is 7.98 Å². The summed E-state index contributed by atoms with van der Waals surface area (Å²) in [6.07, 6.45) is 2.22. The van der Waals surface area contributed by atoms with Gasteiger partial charge >= 0.3 is 0 Å². The van der Waals surface area contributed by atoms with Gasteiger partial charge in [0.25, 0.3) is 0 Å². The molecule has 2 rings (SSSR count). The molecule has 2 saturated heterocycles. The second-order valence-corrected chi connectivity index (χ2v) is 4.43. The Labute approximate surface area is 74.6 Å². The minimum atomic E-state index is -0.675. The normalized spacial score (nSPS) is 52.8.